The van der Waals surface area contributed by atoms with Crippen molar-refractivity contribution in [2.45, 2.75) is 18.6 Å². The Morgan fingerprint density at radius 1 is 1.33 bits per heavy atom. The quantitative estimate of drug-likeness (QED) is 0.930. The largest absolute Gasteiger partial charge is 0.506 e. The van der Waals surface area contributed by atoms with Gasteiger partial charge < -0.3 is 5.11 Å². The van der Waals surface area contributed by atoms with Crippen molar-refractivity contribution in [2.75, 3.05) is 6.26 Å². The van der Waals surface area contributed by atoms with Crippen LogP contribution in [0.3, 0.4) is 0 Å². The van der Waals surface area contributed by atoms with Crippen LogP contribution in [0.5, 0.6) is 5.75 Å². The molecule has 0 aliphatic rings. The minimum Gasteiger partial charge on any atom is -0.506 e. The highest BCUT2D eigenvalue weighted by atomic mass is 35.5. The van der Waals surface area contributed by atoms with Crippen molar-refractivity contribution in [3.63, 3.8) is 0 Å². The molecule has 1 aromatic heterocycles. The number of halogens is 1. The SMILES string of the molecule is CSC(C)(C)c1ccn(-c2ccc(O)c(Cl)c2)n1. The summed E-state index contributed by atoms with van der Waals surface area (Å²) in [6.45, 7) is 4.27. The standard InChI is InChI=1S/C13H15ClN2OS/c1-13(2,18-3)12-6-7-16(15-12)9-4-5-11(17)10(14)8-9/h4-8,17H,1-3H3. The number of phenols is 1. The van der Waals surface area contributed by atoms with Gasteiger partial charge in [-0.2, -0.15) is 16.9 Å². The van der Waals surface area contributed by atoms with E-state index in [9.17, 15) is 5.11 Å². The molecule has 0 aliphatic carbocycles. The van der Waals surface area contributed by atoms with E-state index in [0.717, 1.165) is 11.4 Å². The van der Waals surface area contributed by atoms with Crippen LogP contribution < -0.4 is 0 Å². The first-order chi connectivity index (χ1) is 8.44. The van der Waals surface area contributed by atoms with Crippen molar-refractivity contribution in [3.05, 3.63) is 41.2 Å². The lowest BCUT2D eigenvalue weighted by atomic mass is 10.1. The monoisotopic (exact) mass is 282 g/mol. The molecule has 0 fully saturated rings. The van der Waals surface area contributed by atoms with Crippen LogP contribution in [0.2, 0.25) is 5.02 Å². The average Bonchev–Trinajstić information content (AvgIpc) is 2.83. The lowest BCUT2D eigenvalue weighted by Crippen LogP contribution is -2.12. The summed E-state index contributed by atoms with van der Waals surface area (Å²) in [5.74, 6) is 0.0808. The molecule has 0 spiro atoms. The Balaban J connectivity index is 2.38. The van der Waals surface area contributed by atoms with Crippen molar-refractivity contribution in [1.82, 2.24) is 9.78 Å². The molecule has 0 radical (unpaired) electrons. The predicted octanol–water partition coefficient (Wildman–Crippen LogP) is 3.83. The third-order valence-corrected chi connectivity index (χ3v) is 4.44. The highest BCUT2D eigenvalue weighted by Gasteiger charge is 2.22. The molecule has 2 aromatic rings. The molecule has 1 heterocycles. The maximum absolute atomic E-state index is 9.40. The van der Waals surface area contributed by atoms with Gasteiger partial charge in [-0.25, -0.2) is 4.68 Å². The van der Waals surface area contributed by atoms with Crippen LogP contribution in [0.25, 0.3) is 5.69 Å². The van der Waals surface area contributed by atoms with Gasteiger partial charge in [-0.15, -0.1) is 0 Å². The molecule has 0 saturated carbocycles. The molecule has 0 unspecified atom stereocenters. The van der Waals surface area contributed by atoms with E-state index in [-0.39, 0.29) is 10.5 Å². The summed E-state index contributed by atoms with van der Waals surface area (Å²) in [5.41, 5.74) is 1.85. The first-order valence-electron chi connectivity index (χ1n) is 5.54. The van der Waals surface area contributed by atoms with Gasteiger partial charge in [0, 0.05) is 6.20 Å². The molecule has 0 saturated heterocycles. The van der Waals surface area contributed by atoms with Gasteiger partial charge in [0.05, 0.1) is 21.2 Å². The molecule has 3 nitrogen and oxygen atoms in total. The number of thioether (sulfide) groups is 1. The lowest BCUT2D eigenvalue weighted by molar-refractivity contribution is 0.475. The molecule has 5 heteroatoms. The van der Waals surface area contributed by atoms with E-state index < -0.39 is 0 Å². The Hall–Kier alpha value is -1.13. The fraction of sp³-hybridized carbons (Fsp3) is 0.308. The van der Waals surface area contributed by atoms with Crippen LogP contribution in [-0.2, 0) is 4.75 Å². The Bertz CT molecular complexity index is 566. The summed E-state index contributed by atoms with van der Waals surface area (Å²) >= 11 is 7.64. The highest BCUT2D eigenvalue weighted by molar-refractivity contribution is 7.99. The zero-order valence-corrected chi connectivity index (χ0v) is 12.1. The molecule has 18 heavy (non-hydrogen) atoms. The Morgan fingerprint density at radius 3 is 2.67 bits per heavy atom. The van der Waals surface area contributed by atoms with E-state index in [1.165, 1.54) is 0 Å². The number of hydrogen-bond donors (Lipinski definition) is 1. The molecular formula is C13H15ClN2OS. The predicted molar refractivity (Wildman–Crippen MR) is 76.8 cm³/mol. The summed E-state index contributed by atoms with van der Waals surface area (Å²) in [7, 11) is 0. The second kappa shape index (κ2) is 4.86. The van der Waals surface area contributed by atoms with Crippen LogP contribution in [0, 0.1) is 0 Å². The van der Waals surface area contributed by atoms with E-state index in [1.54, 1.807) is 34.6 Å². The molecular weight excluding hydrogens is 268 g/mol. The zero-order chi connectivity index (χ0) is 13.3. The van der Waals surface area contributed by atoms with Crippen LogP contribution in [0.15, 0.2) is 30.5 Å². The van der Waals surface area contributed by atoms with Crippen LogP contribution in [-0.4, -0.2) is 21.1 Å². The minimum absolute atomic E-state index is 0.0219. The van der Waals surface area contributed by atoms with E-state index >= 15 is 0 Å². The van der Waals surface area contributed by atoms with Crippen molar-refractivity contribution in [2.24, 2.45) is 0 Å². The molecule has 1 aromatic carbocycles. The van der Waals surface area contributed by atoms with Gasteiger partial charge in [0.1, 0.15) is 5.75 Å². The molecule has 0 atom stereocenters. The van der Waals surface area contributed by atoms with Gasteiger partial charge in [0.2, 0.25) is 0 Å². The minimum atomic E-state index is -0.0219. The zero-order valence-electron chi connectivity index (χ0n) is 10.5. The highest BCUT2D eigenvalue weighted by Crippen LogP contribution is 2.32. The molecule has 96 valence electrons. The summed E-state index contributed by atoms with van der Waals surface area (Å²) < 4.78 is 1.74. The average molecular weight is 283 g/mol. The van der Waals surface area contributed by atoms with Crippen molar-refractivity contribution < 1.29 is 5.11 Å². The number of nitrogens with zero attached hydrogens (tertiary/aromatic N) is 2. The number of aromatic nitrogens is 2. The molecule has 0 amide bonds. The molecule has 0 bridgehead atoms. The number of benzene rings is 1. The van der Waals surface area contributed by atoms with Crippen LogP contribution in [0.4, 0.5) is 0 Å². The van der Waals surface area contributed by atoms with Gasteiger partial charge >= 0.3 is 0 Å². The van der Waals surface area contributed by atoms with Gasteiger partial charge in [-0.3, -0.25) is 0 Å². The van der Waals surface area contributed by atoms with E-state index in [0.29, 0.717) is 5.02 Å². The number of phenolic OH excluding ortho intramolecular Hbond substituents is 1. The normalized spacial score (nSPS) is 11.8. The fourth-order valence-electron chi connectivity index (χ4n) is 1.53. The maximum Gasteiger partial charge on any atom is 0.134 e. The maximum atomic E-state index is 9.40. The first-order valence-corrected chi connectivity index (χ1v) is 7.14. The van der Waals surface area contributed by atoms with Crippen molar-refractivity contribution >= 4 is 23.4 Å². The summed E-state index contributed by atoms with van der Waals surface area (Å²) in [4.78, 5) is 0. The van der Waals surface area contributed by atoms with Gasteiger partial charge in [0.25, 0.3) is 0 Å². The Kier molecular flexibility index (Phi) is 3.59. The number of hydrogen-bond acceptors (Lipinski definition) is 3. The lowest BCUT2D eigenvalue weighted by Gasteiger charge is -2.18. The second-order valence-electron chi connectivity index (χ2n) is 4.50. The Labute approximate surface area is 116 Å². The summed E-state index contributed by atoms with van der Waals surface area (Å²) in [6.07, 6.45) is 3.96. The summed E-state index contributed by atoms with van der Waals surface area (Å²) in [6, 6.07) is 7.04. The van der Waals surface area contributed by atoms with Crippen molar-refractivity contribution in [3.8, 4) is 11.4 Å². The fourth-order valence-corrected chi connectivity index (χ4v) is 2.02. The molecule has 2 rings (SSSR count). The number of rotatable bonds is 3. The van der Waals surface area contributed by atoms with Gasteiger partial charge in [-0.1, -0.05) is 11.6 Å². The Morgan fingerprint density at radius 2 is 2.06 bits per heavy atom. The van der Waals surface area contributed by atoms with Crippen molar-refractivity contribution in [1.29, 1.82) is 0 Å². The smallest absolute Gasteiger partial charge is 0.134 e. The van der Waals surface area contributed by atoms with Gasteiger partial charge in [0.15, 0.2) is 0 Å². The van der Waals surface area contributed by atoms with E-state index in [2.05, 4.69) is 25.2 Å². The van der Waals surface area contributed by atoms with E-state index in [1.807, 2.05) is 12.3 Å². The number of aromatic hydroxyl groups is 1. The molecule has 1 N–H and O–H groups in total. The second-order valence-corrected chi connectivity index (χ2v) is 6.33. The van der Waals surface area contributed by atoms with Crippen LogP contribution in [0.1, 0.15) is 19.5 Å². The van der Waals surface area contributed by atoms with E-state index in [4.69, 9.17) is 11.6 Å². The topological polar surface area (TPSA) is 38.0 Å². The first kappa shape index (κ1) is 13.3. The third-order valence-electron chi connectivity index (χ3n) is 2.91. The summed E-state index contributed by atoms with van der Waals surface area (Å²) in [5, 5.41) is 14.3. The van der Waals surface area contributed by atoms with Crippen LogP contribution >= 0.6 is 23.4 Å². The third kappa shape index (κ3) is 2.49. The van der Waals surface area contributed by atoms with Gasteiger partial charge in [-0.05, 0) is 44.4 Å². The molecule has 0 aliphatic heterocycles.